The fourth-order valence-corrected chi connectivity index (χ4v) is 4.25. The van der Waals surface area contributed by atoms with Gasteiger partial charge in [-0.05, 0) is 20.8 Å². The Morgan fingerprint density at radius 2 is 1.61 bits per heavy atom. The summed E-state index contributed by atoms with van der Waals surface area (Å²) in [5.74, 6) is 0. The van der Waals surface area contributed by atoms with Crippen molar-refractivity contribution >= 4 is 15.1 Å². The van der Waals surface area contributed by atoms with Crippen LogP contribution in [0.2, 0.25) is 6.04 Å². The number of hydrogen-bond donors (Lipinski definition) is 1. The van der Waals surface area contributed by atoms with Crippen LogP contribution in [0.3, 0.4) is 0 Å². The molecule has 6 heteroatoms. The molecule has 18 heavy (non-hydrogen) atoms. The third kappa shape index (κ3) is 7.81. The van der Waals surface area contributed by atoms with Gasteiger partial charge in [-0.25, -0.2) is 0 Å². The molecule has 0 saturated heterocycles. The van der Waals surface area contributed by atoms with Gasteiger partial charge in [-0.15, -0.1) is 0 Å². The summed E-state index contributed by atoms with van der Waals surface area (Å²) in [7, 11) is -2.30. The molecule has 0 fully saturated rings. The van der Waals surface area contributed by atoms with E-state index in [0.717, 1.165) is 25.6 Å². The molecule has 0 aromatic rings. The predicted molar refractivity (Wildman–Crippen MR) is 77.1 cm³/mol. The van der Waals surface area contributed by atoms with Gasteiger partial charge in [0.05, 0.1) is 12.9 Å². The zero-order valence-electron chi connectivity index (χ0n) is 12.2. The topological polar surface area (TPSA) is 52.1 Å². The third-order valence-electron chi connectivity index (χ3n) is 2.22. The van der Waals surface area contributed by atoms with E-state index < -0.39 is 8.80 Å². The van der Waals surface area contributed by atoms with Gasteiger partial charge in [0.1, 0.15) is 0 Å². The fraction of sp³-hybridized carbons (Fsp3) is 0.917. The number of aliphatic imine (C=N–C) groups is 1. The highest BCUT2D eigenvalue weighted by atomic mass is 28.4. The second-order valence-electron chi connectivity index (χ2n) is 3.72. The van der Waals surface area contributed by atoms with Crippen LogP contribution in [0.1, 0.15) is 34.1 Å². The first-order valence-electron chi connectivity index (χ1n) is 6.88. The Labute approximate surface area is 112 Å². The highest BCUT2D eigenvalue weighted by Gasteiger charge is 2.38. The first kappa shape index (κ1) is 17.6. The van der Waals surface area contributed by atoms with Crippen molar-refractivity contribution in [1.29, 1.82) is 0 Å². The van der Waals surface area contributed by atoms with Gasteiger partial charge in [0.2, 0.25) is 0 Å². The van der Waals surface area contributed by atoms with Crippen LogP contribution < -0.4 is 5.32 Å². The van der Waals surface area contributed by atoms with Crippen molar-refractivity contribution in [2.45, 2.75) is 40.2 Å². The van der Waals surface area contributed by atoms with Crippen molar-refractivity contribution in [2.24, 2.45) is 4.99 Å². The maximum atomic E-state index is 5.65. The quantitative estimate of drug-likeness (QED) is 0.690. The van der Waals surface area contributed by atoms with Crippen LogP contribution in [0.25, 0.3) is 0 Å². The lowest BCUT2D eigenvalue weighted by atomic mass is 10.6. The van der Waals surface area contributed by atoms with E-state index in [-0.39, 0.29) is 0 Å². The van der Waals surface area contributed by atoms with Crippen molar-refractivity contribution in [3.05, 3.63) is 0 Å². The van der Waals surface area contributed by atoms with E-state index in [0.29, 0.717) is 19.8 Å². The van der Waals surface area contributed by atoms with Gasteiger partial charge in [0.15, 0.2) is 0 Å². The summed E-state index contributed by atoms with van der Waals surface area (Å²) in [5, 5.41) is 2.93. The van der Waals surface area contributed by atoms with Crippen LogP contribution >= 0.6 is 0 Å². The monoisotopic (exact) mass is 276 g/mol. The number of nitrogens with zero attached hydrogens (tertiary/aromatic N) is 1. The molecule has 1 aliphatic rings. The Hall–Kier alpha value is -0.433. The van der Waals surface area contributed by atoms with Crippen LogP contribution in [-0.2, 0) is 13.3 Å². The molecule has 0 aromatic carbocycles. The maximum Gasteiger partial charge on any atom is 0.500 e. The second kappa shape index (κ2) is 11.6. The van der Waals surface area contributed by atoms with E-state index in [2.05, 4.69) is 17.2 Å². The van der Waals surface area contributed by atoms with E-state index in [1.165, 1.54) is 0 Å². The Morgan fingerprint density at radius 1 is 1.06 bits per heavy atom. The molecule has 0 aliphatic carbocycles. The molecule has 108 valence electrons. The standard InChI is InChI=1S/C9H22O3Si.C3H6N2/c1-5-9-13(10-6-2,11-7-3)12-8-4;1-2-5-3-4-1/h5-9H2,1-4H3;3H,1-2H2,(H,4,5). The molecular formula is C12H28N2O3Si. The van der Waals surface area contributed by atoms with Gasteiger partial charge < -0.3 is 18.6 Å². The van der Waals surface area contributed by atoms with Crippen LogP contribution in [0.5, 0.6) is 0 Å². The molecule has 0 radical (unpaired) electrons. The van der Waals surface area contributed by atoms with Gasteiger partial charge in [0.25, 0.3) is 0 Å². The zero-order valence-corrected chi connectivity index (χ0v) is 13.2. The summed E-state index contributed by atoms with van der Waals surface area (Å²) in [4.78, 5) is 3.85. The summed E-state index contributed by atoms with van der Waals surface area (Å²) in [6.07, 6.45) is 2.78. The van der Waals surface area contributed by atoms with E-state index in [9.17, 15) is 0 Å². The lowest BCUT2D eigenvalue weighted by Crippen LogP contribution is -2.45. The minimum atomic E-state index is -2.30. The fourth-order valence-electron chi connectivity index (χ4n) is 1.63. The van der Waals surface area contributed by atoms with Crippen LogP contribution in [0, 0.1) is 0 Å². The highest BCUT2D eigenvalue weighted by Crippen LogP contribution is 2.17. The normalized spacial score (nSPS) is 14.0. The van der Waals surface area contributed by atoms with Gasteiger partial charge in [-0.3, -0.25) is 4.99 Å². The Balaban J connectivity index is 0.000000473. The Bertz CT molecular complexity index is 180. The van der Waals surface area contributed by atoms with E-state index in [4.69, 9.17) is 13.3 Å². The van der Waals surface area contributed by atoms with Crippen molar-refractivity contribution in [3.63, 3.8) is 0 Å². The average Bonchev–Trinajstić information content (AvgIpc) is 2.89. The smallest absolute Gasteiger partial charge is 0.375 e. The van der Waals surface area contributed by atoms with E-state index in [1.807, 2.05) is 20.8 Å². The average molecular weight is 276 g/mol. The summed E-state index contributed by atoms with van der Waals surface area (Å²) in [6.45, 7) is 12.1. The molecule has 0 unspecified atom stereocenters. The molecule has 0 bridgehead atoms. The highest BCUT2D eigenvalue weighted by molar-refractivity contribution is 6.60. The molecule has 0 amide bonds. The summed E-state index contributed by atoms with van der Waals surface area (Å²) in [6, 6.07) is 0.919. The first-order valence-corrected chi connectivity index (χ1v) is 8.81. The Kier molecular flexibility index (Phi) is 11.4. The number of nitrogens with one attached hydrogen (secondary N) is 1. The molecule has 1 rings (SSSR count). The number of rotatable bonds is 8. The van der Waals surface area contributed by atoms with Gasteiger partial charge in [-0.1, -0.05) is 13.3 Å². The summed E-state index contributed by atoms with van der Waals surface area (Å²) >= 11 is 0. The van der Waals surface area contributed by atoms with Gasteiger partial charge in [0, 0.05) is 32.4 Å². The van der Waals surface area contributed by atoms with Crippen molar-refractivity contribution in [2.75, 3.05) is 32.9 Å². The van der Waals surface area contributed by atoms with Gasteiger partial charge in [-0.2, -0.15) is 0 Å². The van der Waals surface area contributed by atoms with Gasteiger partial charge >= 0.3 is 8.80 Å². The maximum absolute atomic E-state index is 5.65. The lowest BCUT2D eigenvalue weighted by molar-refractivity contribution is 0.0712. The molecular weight excluding hydrogens is 248 g/mol. The second-order valence-corrected chi connectivity index (χ2v) is 6.45. The number of hydrogen-bond acceptors (Lipinski definition) is 5. The van der Waals surface area contributed by atoms with Crippen molar-refractivity contribution in [1.82, 2.24) is 5.32 Å². The van der Waals surface area contributed by atoms with Crippen LogP contribution in [0.4, 0.5) is 0 Å². The van der Waals surface area contributed by atoms with E-state index >= 15 is 0 Å². The zero-order chi connectivity index (χ0) is 13.7. The molecule has 0 saturated carbocycles. The molecule has 1 N–H and O–H groups in total. The minimum Gasteiger partial charge on any atom is -0.375 e. The molecule has 0 atom stereocenters. The van der Waals surface area contributed by atoms with Crippen LogP contribution in [-0.4, -0.2) is 48.1 Å². The molecule has 5 nitrogen and oxygen atoms in total. The predicted octanol–water partition coefficient (Wildman–Crippen LogP) is 2.06. The van der Waals surface area contributed by atoms with Crippen molar-refractivity contribution < 1.29 is 13.3 Å². The Morgan fingerprint density at radius 3 is 1.83 bits per heavy atom. The lowest BCUT2D eigenvalue weighted by Gasteiger charge is -2.27. The molecule has 1 heterocycles. The first-order chi connectivity index (χ1) is 8.74. The van der Waals surface area contributed by atoms with E-state index in [1.54, 1.807) is 6.34 Å². The SMILES string of the molecule is C1=NCCN1.CCC[Si](OCC)(OCC)OCC. The third-order valence-corrected chi connectivity index (χ3v) is 5.51. The van der Waals surface area contributed by atoms with Crippen LogP contribution in [0.15, 0.2) is 4.99 Å². The minimum absolute atomic E-state index is 0.673. The molecule has 0 aromatic heterocycles. The van der Waals surface area contributed by atoms with Crippen molar-refractivity contribution in [3.8, 4) is 0 Å². The summed E-state index contributed by atoms with van der Waals surface area (Å²) < 4.78 is 16.9. The molecule has 0 spiro atoms. The largest absolute Gasteiger partial charge is 0.500 e. The molecule has 1 aliphatic heterocycles. The summed E-state index contributed by atoms with van der Waals surface area (Å²) in [5.41, 5.74) is 0.